The lowest BCUT2D eigenvalue weighted by atomic mass is 10.2. The highest BCUT2D eigenvalue weighted by Gasteiger charge is 2.38. The van der Waals surface area contributed by atoms with Gasteiger partial charge in [-0.2, -0.15) is 4.99 Å². The molecule has 7 nitrogen and oxygen atoms in total. The Labute approximate surface area is 191 Å². The first-order valence-corrected chi connectivity index (χ1v) is 11.1. The normalized spacial score (nSPS) is 16.5. The van der Waals surface area contributed by atoms with Crippen molar-refractivity contribution >= 4 is 77.3 Å². The van der Waals surface area contributed by atoms with E-state index in [0.717, 1.165) is 38.0 Å². The number of halogens is 2. The van der Waals surface area contributed by atoms with Crippen molar-refractivity contribution in [2.24, 2.45) is 4.99 Å². The monoisotopic (exact) mass is 519 g/mol. The van der Waals surface area contributed by atoms with Gasteiger partial charge in [0, 0.05) is 10.5 Å². The molecule has 1 fully saturated rings. The van der Waals surface area contributed by atoms with Crippen LogP contribution in [0.3, 0.4) is 0 Å². The number of amidine groups is 1. The van der Waals surface area contributed by atoms with Crippen LogP contribution in [0.4, 0.5) is 9.52 Å². The van der Waals surface area contributed by atoms with Crippen LogP contribution in [0.5, 0.6) is 0 Å². The minimum Gasteiger partial charge on any atom is -0.466 e. The van der Waals surface area contributed by atoms with Crippen LogP contribution in [-0.2, 0) is 14.3 Å². The molecular weight excluding hydrogens is 509 g/mol. The van der Waals surface area contributed by atoms with Crippen molar-refractivity contribution in [3.63, 3.8) is 0 Å². The Kier molecular flexibility index (Phi) is 5.99. The van der Waals surface area contributed by atoms with Gasteiger partial charge < -0.3 is 4.74 Å². The van der Waals surface area contributed by atoms with Crippen molar-refractivity contribution in [1.29, 1.82) is 0 Å². The van der Waals surface area contributed by atoms with E-state index in [9.17, 15) is 18.8 Å². The molecule has 4 rings (SSSR count). The molecule has 2 aromatic carbocycles. The maximum Gasteiger partial charge on any atom is 0.331 e. The van der Waals surface area contributed by atoms with Gasteiger partial charge in [-0.25, -0.2) is 19.1 Å². The molecule has 0 N–H and O–H groups in total. The molecule has 0 unspecified atom stereocenters. The number of aliphatic imine (C=N–C) groups is 1. The summed E-state index contributed by atoms with van der Waals surface area (Å²) in [5.41, 5.74) is 0.410. The zero-order valence-corrected chi connectivity index (χ0v) is 18.9. The molecule has 1 aromatic heterocycles. The number of carbonyl (C=O) groups is 3. The molecule has 1 saturated heterocycles. The molecule has 1 aliphatic rings. The average Bonchev–Trinajstić information content (AvgIpc) is 3.28. The second-order valence-corrected chi connectivity index (χ2v) is 9.00. The summed E-state index contributed by atoms with van der Waals surface area (Å²) in [4.78, 5) is 46.8. The maximum atomic E-state index is 14.0. The fourth-order valence-electron chi connectivity index (χ4n) is 2.65. The summed E-state index contributed by atoms with van der Waals surface area (Å²) in [5, 5.41) is 0.227. The van der Waals surface area contributed by atoms with E-state index in [1.807, 2.05) is 12.1 Å². The Morgan fingerprint density at radius 1 is 1.26 bits per heavy atom. The van der Waals surface area contributed by atoms with Crippen molar-refractivity contribution in [1.82, 2.24) is 4.98 Å². The van der Waals surface area contributed by atoms with Crippen LogP contribution in [0.15, 0.2) is 62.9 Å². The van der Waals surface area contributed by atoms with E-state index in [2.05, 4.69) is 30.6 Å². The molecule has 31 heavy (non-hydrogen) atoms. The smallest absolute Gasteiger partial charge is 0.331 e. The molecule has 2 amide bonds. The molecular formula is C20H11BrFN3O4S2. The summed E-state index contributed by atoms with van der Waals surface area (Å²) in [6.45, 7) is 0. The number of anilines is 1. The van der Waals surface area contributed by atoms with Crippen molar-refractivity contribution in [2.75, 3.05) is 12.0 Å². The fourth-order valence-corrected chi connectivity index (χ4v) is 5.14. The Balaban J connectivity index is 1.80. The van der Waals surface area contributed by atoms with Gasteiger partial charge in [0.15, 0.2) is 10.3 Å². The molecule has 3 aromatic rings. The summed E-state index contributed by atoms with van der Waals surface area (Å²) in [6.07, 6.45) is 1.01. The van der Waals surface area contributed by atoms with Crippen molar-refractivity contribution in [3.05, 3.63) is 69.3 Å². The quantitative estimate of drug-likeness (QED) is 0.373. The molecule has 0 radical (unpaired) electrons. The Morgan fingerprint density at radius 2 is 2.03 bits per heavy atom. The molecule has 1 aliphatic heterocycles. The summed E-state index contributed by atoms with van der Waals surface area (Å²) in [7, 11) is 1.18. The van der Waals surface area contributed by atoms with Gasteiger partial charge in [-0.05, 0) is 42.1 Å². The summed E-state index contributed by atoms with van der Waals surface area (Å²) in [5.74, 6) is -2.91. The largest absolute Gasteiger partial charge is 0.466 e. The summed E-state index contributed by atoms with van der Waals surface area (Å²) in [6, 6.07) is 10.8. The molecule has 0 aliphatic carbocycles. The van der Waals surface area contributed by atoms with Crippen LogP contribution in [0, 0.1) is 5.82 Å². The Morgan fingerprint density at radius 3 is 2.77 bits per heavy atom. The van der Waals surface area contributed by atoms with Crippen molar-refractivity contribution in [2.45, 2.75) is 0 Å². The van der Waals surface area contributed by atoms with E-state index in [4.69, 9.17) is 0 Å². The molecule has 11 heteroatoms. The first kappa shape index (κ1) is 21.3. The molecule has 0 spiro atoms. The second kappa shape index (κ2) is 8.69. The SMILES string of the molecule is COC(=O)/C=C1\SC(=NC(=O)c2ccccc2F)N(c2nc3ccc(Br)cc3s2)C1=O. The van der Waals surface area contributed by atoms with Crippen LogP contribution >= 0.6 is 39.0 Å². The predicted molar refractivity (Wildman–Crippen MR) is 121 cm³/mol. The number of fused-ring (bicyclic) bond motifs is 1. The first-order valence-electron chi connectivity index (χ1n) is 8.63. The highest BCUT2D eigenvalue weighted by molar-refractivity contribution is 9.10. The van der Waals surface area contributed by atoms with Crippen LogP contribution in [0.2, 0.25) is 0 Å². The number of amides is 2. The average molecular weight is 520 g/mol. The molecule has 0 atom stereocenters. The number of carbonyl (C=O) groups excluding carboxylic acids is 3. The number of aromatic nitrogens is 1. The fraction of sp³-hybridized carbons (Fsp3) is 0.0500. The Bertz CT molecular complexity index is 1300. The first-order chi connectivity index (χ1) is 14.9. The van der Waals surface area contributed by atoms with Gasteiger partial charge in [-0.15, -0.1) is 0 Å². The van der Waals surface area contributed by atoms with E-state index < -0.39 is 23.6 Å². The van der Waals surface area contributed by atoms with Crippen LogP contribution < -0.4 is 4.90 Å². The third kappa shape index (κ3) is 4.29. The van der Waals surface area contributed by atoms with E-state index in [-0.39, 0.29) is 20.8 Å². The zero-order chi connectivity index (χ0) is 22.1. The third-order valence-electron chi connectivity index (χ3n) is 4.09. The van der Waals surface area contributed by atoms with Gasteiger partial charge in [0.1, 0.15) is 5.82 Å². The number of hydrogen-bond acceptors (Lipinski definition) is 7. The van der Waals surface area contributed by atoms with Crippen molar-refractivity contribution in [3.8, 4) is 0 Å². The Hall–Kier alpha value is -2.89. The predicted octanol–water partition coefficient (Wildman–Crippen LogP) is 4.53. The number of methoxy groups -OCH3 is 1. The highest BCUT2D eigenvalue weighted by Crippen LogP contribution is 2.39. The minimum atomic E-state index is -0.860. The number of hydrogen-bond donors (Lipinski definition) is 0. The lowest BCUT2D eigenvalue weighted by Crippen LogP contribution is -2.29. The van der Waals surface area contributed by atoms with Gasteiger partial charge in [-0.3, -0.25) is 9.59 Å². The maximum absolute atomic E-state index is 14.0. The topological polar surface area (TPSA) is 88.9 Å². The van der Waals surface area contributed by atoms with Crippen LogP contribution in [0.1, 0.15) is 10.4 Å². The number of thiazole rings is 1. The standard InChI is InChI=1S/C20H11BrFN3O4S2/c1-29-16(26)9-15-18(28)25(19-23-13-7-6-10(21)8-14(13)30-19)20(31-15)24-17(27)11-4-2-3-5-12(11)22/h2-9H,1H3/b15-9-,24-20?. The van der Waals surface area contributed by atoms with Crippen LogP contribution in [0.25, 0.3) is 10.2 Å². The van der Waals surface area contributed by atoms with E-state index in [0.29, 0.717) is 5.52 Å². The summed E-state index contributed by atoms with van der Waals surface area (Å²) >= 11 is 5.41. The highest BCUT2D eigenvalue weighted by atomic mass is 79.9. The van der Waals surface area contributed by atoms with E-state index in [1.165, 1.54) is 36.6 Å². The molecule has 2 heterocycles. The van der Waals surface area contributed by atoms with Gasteiger partial charge in [0.25, 0.3) is 11.8 Å². The van der Waals surface area contributed by atoms with E-state index >= 15 is 0 Å². The number of rotatable bonds is 3. The lowest BCUT2D eigenvalue weighted by Gasteiger charge is -2.11. The lowest BCUT2D eigenvalue weighted by molar-refractivity contribution is -0.135. The van der Waals surface area contributed by atoms with Gasteiger partial charge in [-0.1, -0.05) is 39.4 Å². The number of nitrogens with zero attached hydrogens (tertiary/aromatic N) is 3. The zero-order valence-electron chi connectivity index (χ0n) is 15.7. The van der Waals surface area contributed by atoms with Gasteiger partial charge in [0.05, 0.1) is 27.8 Å². The summed E-state index contributed by atoms with van der Waals surface area (Å²) < 4.78 is 20.2. The van der Waals surface area contributed by atoms with E-state index in [1.54, 1.807) is 6.07 Å². The molecule has 156 valence electrons. The van der Waals surface area contributed by atoms with Gasteiger partial charge >= 0.3 is 5.97 Å². The number of thioether (sulfide) groups is 1. The third-order valence-corrected chi connectivity index (χ3v) is 6.55. The number of benzene rings is 2. The number of esters is 1. The second-order valence-electron chi connectivity index (χ2n) is 6.06. The molecule has 0 bridgehead atoms. The van der Waals surface area contributed by atoms with Crippen molar-refractivity contribution < 1.29 is 23.5 Å². The van der Waals surface area contributed by atoms with Gasteiger partial charge in [0.2, 0.25) is 0 Å². The minimum absolute atomic E-state index is 0.00682. The van der Waals surface area contributed by atoms with Crippen LogP contribution in [-0.4, -0.2) is 35.0 Å². The molecule has 0 saturated carbocycles. The number of ether oxygens (including phenoxy) is 1.